The van der Waals surface area contributed by atoms with Crippen LogP contribution < -0.4 is 5.32 Å². The fraction of sp³-hybridized carbons (Fsp3) is 0.300. The Labute approximate surface area is 138 Å². The van der Waals surface area contributed by atoms with Crippen LogP contribution >= 0.6 is 0 Å². The van der Waals surface area contributed by atoms with Gasteiger partial charge in [-0.3, -0.25) is 0 Å². The number of unbranched alkanes of at least 4 members (excludes halogenated alkanes) is 2. The summed E-state index contributed by atoms with van der Waals surface area (Å²) < 4.78 is 5.66. The highest BCUT2D eigenvalue weighted by Crippen LogP contribution is 2.22. The van der Waals surface area contributed by atoms with E-state index in [1.54, 1.807) is 0 Å². The van der Waals surface area contributed by atoms with Gasteiger partial charge in [-0.05, 0) is 17.5 Å². The summed E-state index contributed by atoms with van der Waals surface area (Å²) >= 11 is 0. The van der Waals surface area contributed by atoms with Gasteiger partial charge in [-0.2, -0.15) is 0 Å². The topological polar surface area (TPSA) is 38.3 Å². The van der Waals surface area contributed by atoms with E-state index in [0.29, 0.717) is 13.0 Å². The van der Waals surface area contributed by atoms with Crippen LogP contribution in [0, 0.1) is 6.92 Å². The van der Waals surface area contributed by atoms with Crippen LogP contribution in [0.25, 0.3) is 0 Å². The predicted molar refractivity (Wildman–Crippen MR) is 93.0 cm³/mol. The van der Waals surface area contributed by atoms with E-state index in [0.717, 1.165) is 30.4 Å². The van der Waals surface area contributed by atoms with Crippen LogP contribution in [0.5, 0.6) is 0 Å². The van der Waals surface area contributed by atoms with E-state index in [1.807, 2.05) is 60.7 Å². The second kappa shape index (κ2) is 9.67. The van der Waals surface area contributed by atoms with Gasteiger partial charge in [-0.15, -0.1) is 0 Å². The number of carbonyl (C=O) groups excluding carboxylic acids is 1. The van der Waals surface area contributed by atoms with E-state index in [2.05, 4.69) is 12.2 Å². The summed E-state index contributed by atoms with van der Waals surface area (Å²) in [7, 11) is 0. The summed E-state index contributed by atoms with van der Waals surface area (Å²) in [6, 6.07) is 19.9. The van der Waals surface area contributed by atoms with Gasteiger partial charge in [-0.1, -0.05) is 80.4 Å². The average Bonchev–Trinajstić information content (AvgIpc) is 2.60. The van der Waals surface area contributed by atoms with Gasteiger partial charge in [0.25, 0.3) is 0 Å². The fourth-order valence-corrected chi connectivity index (χ4v) is 2.39. The van der Waals surface area contributed by atoms with Gasteiger partial charge in [0.05, 0.1) is 0 Å². The van der Waals surface area contributed by atoms with Crippen LogP contribution in [0.1, 0.15) is 36.5 Å². The molecule has 0 fully saturated rings. The molecule has 0 bridgehead atoms. The van der Waals surface area contributed by atoms with Gasteiger partial charge < -0.3 is 10.1 Å². The number of nitrogens with one attached hydrogen (secondary N) is 1. The van der Waals surface area contributed by atoms with E-state index in [9.17, 15) is 4.79 Å². The highest BCUT2D eigenvalue weighted by Gasteiger charge is 2.17. The predicted octanol–water partition coefficient (Wildman–Crippen LogP) is 4.70. The maximum absolute atomic E-state index is 12.0. The molecular formula is C20H24NO2. The number of carbonyl (C=O) groups is 1. The summed E-state index contributed by atoms with van der Waals surface area (Å²) in [4.78, 5) is 12.0. The number of alkyl carbamates (subject to hydrolysis) is 1. The Morgan fingerprint density at radius 1 is 1.00 bits per heavy atom. The highest BCUT2D eigenvalue weighted by molar-refractivity contribution is 5.67. The van der Waals surface area contributed by atoms with Crippen LogP contribution in [0.15, 0.2) is 60.7 Å². The van der Waals surface area contributed by atoms with Gasteiger partial charge >= 0.3 is 6.09 Å². The Morgan fingerprint density at radius 3 is 2.30 bits per heavy atom. The molecular weight excluding hydrogens is 286 g/mol. The molecule has 0 heterocycles. The number of rotatable bonds is 8. The summed E-state index contributed by atoms with van der Waals surface area (Å²) in [5, 5.41) is 2.81. The average molecular weight is 310 g/mol. The van der Waals surface area contributed by atoms with Crippen molar-refractivity contribution in [3.05, 3.63) is 78.7 Å². The van der Waals surface area contributed by atoms with E-state index in [4.69, 9.17) is 4.74 Å². The Morgan fingerprint density at radius 2 is 1.65 bits per heavy atom. The fourth-order valence-electron chi connectivity index (χ4n) is 2.39. The molecule has 3 heteroatoms. The van der Waals surface area contributed by atoms with Crippen LogP contribution in [-0.2, 0) is 11.2 Å². The minimum absolute atomic E-state index is 0.286. The lowest BCUT2D eigenvalue weighted by Gasteiger charge is -2.19. The quantitative estimate of drug-likeness (QED) is 0.718. The molecule has 2 aromatic carbocycles. The molecule has 1 radical (unpaired) electrons. The molecule has 1 atom stereocenters. The summed E-state index contributed by atoms with van der Waals surface area (Å²) in [6.07, 6.45) is 2.83. The summed E-state index contributed by atoms with van der Waals surface area (Å²) in [5.74, 6) is 0. The van der Waals surface area contributed by atoms with Gasteiger partial charge in [0, 0.05) is 13.0 Å². The van der Waals surface area contributed by atoms with Gasteiger partial charge in [0.2, 0.25) is 0 Å². The molecule has 0 saturated carbocycles. The van der Waals surface area contributed by atoms with Crippen LogP contribution in [0.4, 0.5) is 4.79 Å². The first-order valence-electron chi connectivity index (χ1n) is 8.12. The van der Waals surface area contributed by atoms with Crippen molar-refractivity contribution < 1.29 is 9.53 Å². The standard InChI is InChI=1S/C20H24NO2/c1-2-3-10-15-21-20(22)23-19(18-13-8-5-9-14-18)16-17-11-6-4-7-12-17/h4-9,11-14,19H,1-3,10,15-16H2,(H,21,22). The van der Waals surface area contributed by atoms with Gasteiger partial charge in [0.15, 0.2) is 0 Å². The molecule has 1 amide bonds. The first kappa shape index (κ1) is 17.1. The van der Waals surface area contributed by atoms with E-state index in [1.165, 1.54) is 0 Å². The summed E-state index contributed by atoms with van der Waals surface area (Å²) in [6.45, 7) is 4.42. The molecule has 0 aliphatic rings. The van der Waals surface area contributed by atoms with E-state index in [-0.39, 0.29) is 12.2 Å². The zero-order valence-electron chi connectivity index (χ0n) is 13.4. The van der Waals surface area contributed by atoms with Gasteiger partial charge in [-0.25, -0.2) is 4.79 Å². The van der Waals surface area contributed by atoms with Crippen molar-refractivity contribution >= 4 is 6.09 Å². The lowest BCUT2D eigenvalue weighted by Crippen LogP contribution is -2.27. The lowest BCUT2D eigenvalue weighted by molar-refractivity contribution is 0.0974. The number of hydrogen-bond donors (Lipinski definition) is 1. The van der Waals surface area contributed by atoms with Crippen molar-refractivity contribution in [1.29, 1.82) is 0 Å². The van der Waals surface area contributed by atoms with Gasteiger partial charge in [0.1, 0.15) is 6.10 Å². The van der Waals surface area contributed by atoms with Crippen LogP contribution in [0.3, 0.4) is 0 Å². The molecule has 1 unspecified atom stereocenters. The molecule has 121 valence electrons. The molecule has 2 rings (SSSR count). The van der Waals surface area contributed by atoms with Crippen molar-refractivity contribution in [3.8, 4) is 0 Å². The molecule has 0 aromatic heterocycles. The molecule has 0 aliphatic heterocycles. The molecule has 0 saturated heterocycles. The first-order valence-corrected chi connectivity index (χ1v) is 8.12. The van der Waals surface area contributed by atoms with E-state index < -0.39 is 0 Å². The largest absolute Gasteiger partial charge is 0.441 e. The molecule has 1 N–H and O–H groups in total. The Hall–Kier alpha value is -2.29. The zero-order chi connectivity index (χ0) is 16.3. The molecule has 0 spiro atoms. The Bertz CT molecular complexity index is 569. The monoisotopic (exact) mass is 310 g/mol. The minimum atomic E-state index is -0.362. The highest BCUT2D eigenvalue weighted by atomic mass is 16.6. The second-order valence-electron chi connectivity index (χ2n) is 5.48. The third-order valence-corrected chi connectivity index (χ3v) is 3.63. The number of hydrogen-bond acceptors (Lipinski definition) is 2. The van der Waals surface area contributed by atoms with E-state index >= 15 is 0 Å². The van der Waals surface area contributed by atoms with Crippen molar-refractivity contribution in [2.45, 2.75) is 31.8 Å². The maximum atomic E-state index is 12.0. The summed E-state index contributed by atoms with van der Waals surface area (Å²) in [5.41, 5.74) is 2.15. The van der Waals surface area contributed by atoms with Crippen molar-refractivity contribution in [3.63, 3.8) is 0 Å². The Balaban J connectivity index is 1.98. The van der Waals surface area contributed by atoms with Crippen LogP contribution in [0.2, 0.25) is 0 Å². The van der Waals surface area contributed by atoms with Crippen LogP contribution in [-0.4, -0.2) is 12.6 Å². The lowest BCUT2D eigenvalue weighted by atomic mass is 10.0. The maximum Gasteiger partial charge on any atom is 0.407 e. The Kier molecular flexibility index (Phi) is 7.18. The van der Waals surface area contributed by atoms with Crippen molar-refractivity contribution in [2.75, 3.05) is 6.54 Å². The minimum Gasteiger partial charge on any atom is -0.441 e. The normalized spacial score (nSPS) is 11.7. The molecule has 2 aromatic rings. The van der Waals surface area contributed by atoms with Crippen molar-refractivity contribution in [1.82, 2.24) is 5.32 Å². The smallest absolute Gasteiger partial charge is 0.407 e. The SMILES string of the molecule is [CH2]CCCCNC(=O)OC(Cc1ccccc1)c1ccccc1. The third kappa shape index (κ3) is 6.15. The zero-order valence-corrected chi connectivity index (χ0v) is 13.4. The van der Waals surface area contributed by atoms with Crippen molar-refractivity contribution in [2.24, 2.45) is 0 Å². The number of ether oxygens (including phenoxy) is 1. The molecule has 23 heavy (non-hydrogen) atoms. The number of benzene rings is 2. The first-order chi connectivity index (χ1) is 11.3. The third-order valence-electron chi connectivity index (χ3n) is 3.63. The molecule has 0 aliphatic carbocycles. The number of amides is 1. The molecule has 3 nitrogen and oxygen atoms in total. The second-order valence-corrected chi connectivity index (χ2v) is 5.48.